The van der Waals surface area contributed by atoms with E-state index in [4.69, 9.17) is 4.74 Å². The molecule has 0 spiro atoms. The molecule has 1 aromatic carbocycles. The van der Waals surface area contributed by atoms with Crippen molar-refractivity contribution in [2.24, 2.45) is 0 Å². The molecule has 3 N–H and O–H groups in total. The number of aryl methyl sites for hydroxylation is 1. The summed E-state index contributed by atoms with van der Waals surface area (Å²) in [5.41, 5.74) is 7.00. The number of amides is 1. The number of carbonyl (C=O) groups is 1. The maximum Gasteiger partial charge on any atom is 0.275 e. The van der Waals surface area contributed by atoms with Crippen molar-refractivity contribution in [3.63, 3.8) is 0 Å². The highest BCUT2D eigenvalue weighted by Gasteiger charge is 2.12. The van der Waals surface area contributed by atoms with Crippen LogP contribution in [0.1, 0.15) is 15.9 Å². The number of nitrogens with zero attached hydrogens (tertiary/aromatic N) is 2. The van der Waals surface area contributed by atoms with Crippen molar-refractivity contribution in [3.05, 3.63) is 70.1 Å². The highest BCUT2D eigenvalue weighted by atomic mass is 16.5. The van der Waals surface area contributed by atoms with Crippen molar-refractivity contribution in [2.75, 3.05) is 12.5 Å². The van der Waals surface area contributed by atoms with E-state index in [-0.39, 0.29) is 11.5 Å². The molecule has 0 unspecified atom stereocenters. The molecule has 0 fully saturated rings. The zero-order valence-corrected chi connectivity index (χ0v) is 14.2. The second kappa shape index (κ2) is 7.47. The Morgan fingerprint density at radius 3 is 2.77 bits per heavy atom. The molecule has 26 heavy (non-hydrogen) atoms. The number of hydrogen-bond acceptors (Lipinski definition) is 6. The van der Waals surface area contributed by atoms with E-state index in [2.05, 4.69) is 25.8 Å². The molecule has 0 saturated carbocycles. The number of ether oxygens (including phenoxy) is 1. The molecular weight excluding hydrogens is 334 g/mol. The van der Waals surface area contributed by atoms with E-state index < -0.39 is 11.5 Å². The second-order valence-corrected chi connectivity index (χ2v) is 5.49. The molecule has 0 saturated heterocycles. The van der Waals surface area contributed by atoms with Crippen molar-refractivity contribution in [3.8, 4) is 17.1 Å². The van der Waals surface area contributed by atoms with Crippen LogP contribution in [0, 0.1) is 6.92 Å². The summed E-state index contributed by atoms with van der Waals surface area (Å²) in [6.07, 6.45) is 1.48. The smallest absolute Gasteiger partial charge is 0.275 e. The Bertz CT molecular complexity index is 1000. The molecule has 8 heteroatoms. The number of benzene rings is 1. The van der Waals surface area contributed by atoms with Crippen LogP contribution in [0.2, 0.25) is 0 Å². The molecule has 0 bridgehead atoms. The Hall–Kier alpha value is -3.68. The van der Waals surface area contributed by atoms with Gasteiger partial charge in [-0.2, -0.15) is 4.98 Å². The average molecular weight is 351 g/mol. The third kappa shape index (κ3) is 3.86. The molecular formula is C18H17N5O3. The molecule has 1 amide bonds. The lowest BCUT2D eigenvalue weighted by molar-refractivity contribution is 0.0960. The van der Waals surface area contributed by atoms with Crippen molar-refractivity contribution < 1.29 is 9.53 Å². The quantitative estimate of drug-likeness (QED) is 0.606. The number of rotatable bonds is 5. The van der Waals surface area contributed by atoms with Crippen LogP contribution >= 0.6 is 0 Å². The number of anilines is 1. The first-order valence-corrected chi connectivity index (χ1v) is 7.80. The van der Waals surface area contributed by atoms with Gasteiger partial charge in [-0.1, -0.05) is 23.8 Å². The fourth-order valence-corrected chi connectivity index (χ4v) is 2.33. The minimum Gasteiger partial charge on any atom is -0.481 e. The van der Waals surface area contributed by atoms with Crippen LogP contribution in [0.5, 0.6) is 5.88 Å². The third-order valence-electron chi connectivity index (χ3n) is 3.61. The van der Waals surface area contributed by atoms with Gasteiger partial charge in [0.05, 0.1) is 7.11 Å². The zero-order valence-electron chi connectivity index (χ0n) is 14.2. The number of H-pyrrole nitrogens is 1. The van der Waals surface area contributed by atoms with Crippen LogP contribution < -0.4 is 21.1 Å². The topological polar surface area (TPSA) is 109 Å². The highest BCUT2D eigenvalue weighted by Crippen LogP contribution is 2.17. The van der Waals surface area contributed by atoms with Crippen molar-refractivity contribution in [1.82, 2.24) is 20.4 Å². The summed E-state index contributed by atoms with van der Waals surface area (Å²) in [4.78, 5) is 35.1. The number of aromatic nitrogens is 3. The minimum atomic E-state index is -0.603. The lowest BCUT2D eigenvalue weighted by atomic mass is 10.1. The molecule has 3 rings (SSSR count). The number of hydrazine groups is 1. The summed E-state index contributed by atoms with van der Waals surface area (Å²) in [5.74, 6) is -0.115. The normalized spacial score (nSPS) is 10.2. The number of hydrogen-bond donors (Lipinski definition) is 3. The van der Waals surface area contributed by atoms with Gasteiger partial charge in [0, 0.05) is 18.0 Å². The summed E-state index contributed by atoms with van der Waals surface area (Å²) in [5, 5.41) is 0. The first kappa shape index (κ1) is 17.2. The molecule has 0 radical (unpaired) electrons. The van der Waals surface area contributed by atoms with E-state index in [0.717, 1.165) is 11.1 Å². The predicted molar refractivity (Wildman–Crippen MR) is 96.9 cm³/mol. The maximum atomic E-state index is 12.3. The van der Waals surface area contributed by atoms with E-state index in [1.165, 1.54) is 19.4 Å². The first-order valence-electron chi connectivity index (χ1n) is 7.80. The second-order valence-electron chi connectivity index (χ2n) is 5.49. The van der Waals surface area contributed by atoms with Crippen LogP contribution in [0.3, 0.4) is 0 Å². The van der Waals surface area contributed by atoms with E-state index in [0.29, 0.717) is 11.6 Å². The lowest BCUT2D eigenvalue weighted by Crippen LogP contribution is -2.34. The number of pyridine rings is 1. The van der Waals surface area contributed by atoms with Crippen molar-refractivity contribution in [1.29, 1.82) is 0 Å². The van der Waals surface area contributed by atoms with Crippen LogP contribution in [0.4, 0.5) is 5.95 Å². The van der Waals surface area contributed by atoms with Gasteiger partial charge in [-0.05, 0) is 30.7 Å². The maximum absolute atomic E-state index is 12.3. The Labute approximate surface area is 149 Å². The monoisotopic (exact) mass is 351 g/mol. The number of carbonyl (C=O) groups excluding carboxylic acids is 1. The Kier molecular flexibility index (Phi) is 4.93. The summed E-state index contributed by atoms with van der Waals surface area (Å²) in [6.45, 7) is 1.97. The average Bonchev–Trinajstić information content (AvgIpc) is 2.66. The fourth-order valence-electron chi connectivity index (χ4n) is 2.33. The summed E-state index contributed by atoms with van der Waals surface area (Å²) in [6, 6.07) is 12.4. The minimum absolute atomic E-state index is 0.0307. The Balaban J connectivity index is 1.74. The van der Waals surface area contributed by atoms with Crippen LogP contribution in [-0.4, -0.2) is 28.0 Å². The van der Waals surface area contributed by atoms with Crippen molar-refractivity contribution >= 4 is 11.9 Å². The van der Waals surface area contributed by atoms with Gasteiger partial charge in [-0.3, -0.25) is 20.4 Å². The van der Waals surface area contributed by atoms with Crippen LogP contribution in [-0.2, 0) is 0 Å². The summed E-state index contributed by atoms with van der Waals surface area (Å²) in [7, 11) is 1.47. The van der Waals surface area contributed by atoms with Crippen LogP contribution in [0.15, 0.2) is 53.5 Å². The fraction of sp³-hybridized carbons (Fsp3) is 0.111. The molecule has 0 aliphatic carbocycles. The van der Waals surface area contributed by atoms with Gasteiger partial charge in [0.15, 0.2) is 0 Å². The standard InChI is InChI=1S/C18H17N5O3/c1-11-4-3-5-12(10-11)14-7-6-13(16(24)20-14)17(25)22-23-18-19-9-8-15(21-18)26-2/h3-10H,1-2H3,(H,20,24)(H,22,25)(H,19,21,23). The third-order valence-corrected chi connectivity index (χ3v) is 3.61. The van der Waals surface area contributed by atoms with E-state index in [1.54, 1.807) is 12.1 Å². The molecule has 0 aliphatic heterocycles. The predicted octanol–water partition coefficient (Wildman–Crippen LogP) is 1.91. The molecule has 8 nitrogen and oxygen atoms in total. The zero-order chi connectivity index (χ0) is 18.5. The largest absolute Gasteiger partial charge is 0.481 e. The molecule has 0 atom stereocenters. The van der Waals surface area contributed by atoms with Gasteiger partial charge >= 0.3 is 0 Å². The van der Waals surface area contributed by atoms with E-state index in [9.17, 15) is 9.59 Å². The lowest BCUT2D eigenvalue weighted by Gasteiger charge is -2.08. The Morgan fingerprint density at radius 2 is 2.04 bits per heavy atom. The highest BCUT2D eigenvalue weighted by molar-refractivity contribution is 5.94. The molecule has 2 aromatic heterocycles. The summed E-state index contributed by atoms with van der Waals surface area (Å²) >= 11 is 0. The number of nitrogens with one attached hydrogen (secondary N) is 3. The van der Waals surface area contributed by atoms with Gasteiger partial charge in [0.1, 0.15) is 5.56 Å². The van der Waals surface area contributed by atoms with Crippen molar-refractivity contribution in [2.45, 2.75) is 6.92 Å². The summed E-state index contributed by atoms with van der Waals surface area (Å²) < 4.78 is 4.97. The SMILES string of the molecule is COc1ccnc(NNC(=O)c2ccc(-c3cccc(C)c3)[nH]c2=O)n1. The van der Waals surface area contributed by atoms with Gasteiger partial charge in [0.2, 0.25) is 11.8 Å². The van der Waals surface area contributed by atoms with Gasteiger partial charge in [-0.25, -0.2) is 4.98 Å². The van der Waals surface area contributed by atoms with E-state index in [1.807, 2.05) is 31.2 Å². The first-order chi connectivity index (χ1) is 12.6. The van der Waals surface area contributed by atoms with Gasteiger partial charge in [-0.15, -0.1) is 0 Å². The van der Waals surface area contributed by atoms with Gasteiger partial charge < -0.3 is 9.72 Å². The number of methoxy groups -OCH3 is 1. The van der Waals surface area contributed by atoms with E-state index >= 15 is 0 Å². The van der Waals surface area contributed by atoms with Gasteiger partial charge in [0.25, 0.3) is 11.5 Å². The molecule has 132 valence electrons. The molecule has 2 heterocycles. The Morgan fingerprint density at radius 1 is 1.19 bits per heavy atom. The molecule has 3 aromatic rings. The van der Waals surface area contributed by atoms with Crippen LogP contribution in [0.25, 0.3) is 11.3 Å². The number of aromatic amines is 1. The molecule has 0 aliphatic rings.